The Labute approximate surface area is 58.5 Å². The van der Waals surface area contributed by atoms with E-state index in [2.05, 4.69) is 20.6 Å². The van der Waals surface area contributed by atoms with Gasteiger partial charge in [0.2, 0.25) is 0 Å². The summed E-state index contributed by atoms with van der Waals surface area (Å²) in [6.07, 6.45) is 1.06. The van der Waals surface area contributed by atoms with Crippen LogP contribution in [-0.4, -0.2) is 31.8 Å². The van der Waals surface area contributed by atoms with Crippen molar-refractivity contribution in [2.24, 2.45) is 0 Å². The van der Waals surface area contributed by atoms with Crippen LogP contribution in [0.15, 0.2) is 0 Å². The topological polar surface area (TPSA) is 74.7 Å². The lowest BCUT2D eigenvalue weighted by molar-refractivity contribution is 0.184. The van der Waals surface area contributed by atoms with Gasteiger partial charge >= 0.3 is 0 Å². The molecule has 2 N–H and O–H groups in total. The van der Waals surface area contributed by atoms with E-state index >= 15 is 0 Å². The molecule has 1 rings (SSSR count). The number of hydrogen-bond donors (Lipinski definition) is 2. The molecule has 0 aliphatic heterocycles. The number of aliphatic hydroxyl groups excluding tert-OH is 1. The molecule has 5 nitrogen and oxygen atoms in total. The molecule has 0 saturated carbocycles. The van der Waals surface area contributed by atoms with Crippen molar-refractivity contribution in [3.05, 3.63) is 5.82 Å². The number of nitrogens with zero attached hydrogens (tertiary/aromatic N) is 3. The van der Waals surface area contributed by atoms with Crippen LogP contribution in [0.3, 0.4) is 0 Å². The Morgan fingerprint density at radius 1 is 1.70 bits per heavy atom. The van der Waals surface area contributed by atoms with Gasteiger partial charge in [0.25, 0.3) is 0 Å². The highest BCUT2D eigenvalue weighted by Crippen LogP contribution is 1.95. The van der Waals surface area contributed by atoms with Gasteiger partial charge in [0.1, 0.15) is 0 Å². The second-order valence-electron chi connectivity index (χ2n) is 2.22. The van der Waals surface area contributed by atoms with Crippen LogP contribution < -0.4 is 0 Å². The van der Waals surface area contributed by atoms with Crippen LogP contribution in [0, 0.1) is 0 Å². The molecule has 0 bridgehead atoms. The Morgan fingerprint density at radius 3 is 3.00 bits per heavy atom. The molecular formula is C5H10N4O. The highest BCUT2D eigenvalue weighted by Gasteiger charge is 2.00. The van der Waals surface area contributed by atoms with Gasteiger partial charge in [-0.05, 0) is 13.3 Å². The molecule has 0 aliphatic rings. The zero-order valence-electron chi connectivity index (χ0n) is 5.78. The zero-order valence-corrected chi connectivity index (χ0v) is 5.78. The quantitative estimate of drug-likeness (QED) is 0.597. The van der Waals surface area contributed by atoms with Gasteiger partial charge < -0.3 is 5.11 Å². The second kappa shape index (κ2) is 3.26. The number of tetrazole rings is 1. The van der Waals surface area contributed by atoms with Crippen molar-refractivity contribution < 1.29 is 5.11 Å². The average molecular weight is 142 g/mol. The van der Waals surface area contributed by atoms with E-state index in [-0.39, 0.29) is 6.10 Å². The second-order valence-corrected chi connectivity index (χ2v) is 2.22. The molecule has 1 aromatic rings. The van der Waals surface area contributed by atoms with Crippen molar-refractivity contribution in [3.63, 3.8) is 0 Å². The Hall–Kier alpha value is -0.970. The third-order valence-electron chi connectivity index (χ3n) is 1.17. The molecule has 1 aromatic heterocycles. The maximum Gasteiger partial charge on any atom is 0.174 e. The highest BCUT2D eigenvalue weighted by molar-refractivity contribution is 4.76. The summed E-state index contributed by atoms with van der Waals surface area (Å²) >= 11 is 0. The van der Waals surface area contributed by atoms with Gasteiger partial charge in [-0.25, -0.2) is 0 Å². The number of rotatable bonds is 3. The predicted molar refractivity (Wildman–Crippen MR) is 34.2 cm³/mol. The summed E-state index contributed by atoms with van der Waals surface area (Å²) in [4.78, 5) is 0. The molecular weight excluding hydrogens is 132 g/mol. The van der Waals surface area contributed by atoms with Crippen molar-refractivity contribution in [2.75, 3.05) is 0 Å². The van der Waals surface area contributed by atoms with Crippen LogP contribution in [0.5, 0.6) is 0 Å². The number of aromatic nitrogens is 4. The first-order valence-electron chi connectivity index (χ1n) is 3.19. The van der Waals surface area contributed by atoms with E-state index in [4.69, 9.17) is 5.11 Å². The number of aromatic amines is 1. The molecule has 56 valence electrons. The summed E-state index contributed by atoms with van der Waals surface area (Å²) in [5, 5.41) is 22.0. The number of aryl methyl sites for hydroxylation is 1. The van der Waals surface area contributed by atoms with E-state index < -0.39 is 0 Å². The number of hydrogen-bond acceptors (Lipinski definition) is 4. The van der Waals surface area contributed by atoms with Gasteiger partial charge in [-0.3, -0.25) is 0 Å². The van der Waals surface area contributed by atoms with Crippen molar-refractivity contribution >= 4 is 0 Å². The van der Waals surface area contributed by atoms with Crippen LogP contribution in [-0.2, 0) is 6.42 Å². The standard InChI is InChI=1S/C5H10N4O/c1-4(10)2-3-5-6-8-9-7-5/h4,10H,2-3H2,1H3,(H,6,7,8,9)/t4-/m0/s1. The van der Waals surface area contributed by atoms with Gasteiger partial charge in [-0.1, -0.05) is 5.21 Å². The Balaban J connectivity index is 2.28. The van der Waals surface area contributed by atoms with Crippen molar-refractivity contribution in [2.45, 2.75) is 25.9 Å². The van der Waals surface area contributed by atoms with E-state index in [9.17, 15) is 0 Å². The molecule has 0 amide bonds. The lowest BCUT2D eigenvalue weighted by atomic mass is 10.2. The lowest BCUT2D eigenvalue weighted by Crippen LogP contribution is -2.02. The molecule has 0 saturated heterocycles. The average Bonchev–Trinajstić information content (AvgIpc) is 2.34. The lowest BCUT2D eigenvalue weighted by Gasteiger charge is -1.97. The maximum atomic E-state index is 8.87. The van der Waals surface area contributed by atoms with Crippen molar-refractivity contribution in [1.82, 2.24) is 20.6 Å². The SMILES string of the molecule is C[C@H](O)CCc1nn[nH]n1. The predicted octanol–water partition coefficient (Wildman–Crippen LogP) is -0.487. The van der Waals surface area contributed by atoms with Crippen molar-refractivity contribution in [3.8, 4) is 0 Å². The summed E-state index contributed by atoms with van der Waals surface area (Å²) in [6.45, 7) is 1.74. The summed E-state index contributed by atoms with van der Waals surface area (Å²) in [5.74, 6) is 0.654. The minimum absolute atomic E-state index is 0.293. The first kappa shape index (κ1) is 7.14. The Morgan fingerprint density at radius 2 is 2.50 bits per heavy atom. The molecule has 0 radical (unpaired) electrons. The van der Waals surface area contributed by atoms with E-state index in [1.54, 1.807) is 6.92 Å². The number of aliphatic hydroxyl groups is 1. The van der Waals surface area contributed by atoms with Gasteiger partial charge in [0.05, 0.1) is 6.10 Å². The van der Waals surface area contributed by atoms with Crippen LogP contribution >= 0.6 is 0 Å². The van der Waals surface area contributed by atoms with E-state index in [0.29, 0.717) is 18.7 Å². The molecule has 0 aromatic carbocycles. The van der Waals surface area contributed by atoms with Gasteiger partial charge in [-0.2, -0.15) is 5.21 Å². The van der Waals surface area contributed by atoms with Crippen LogP contribution in [0.1, 0.15) is 19.2 Å². The maximum absolute atomic E-state index is 8.87. The van der Waals surface area contributed by atoms with E-state index in [1.165, 1.54) is 0 Å². The fraction of sp³-hybridized carbons (Fsp3) is 0.800. The molecule has 0 unspecified atom stereocenters. The molecule has 5 heteroatoms. The fourth-order valence-corrected chi connectivity index (χ4v) is 0.626. The molecule has 0 aliphatic carbocycles. The van der Waals surface area contributed by atoms with Crippen LogP contribution in [0.4, 0.5) is 0 Å². The number of H-pyrrole nitrogens is 1. The zero-order chi connectivity index (χ0) is 7.40. The van der Waals surface area contributed by atoms with Gasteiger partial charge in [0.15, 0.2) is 5.82 Å². The van der Waals surface area contributed by atoms with Crippen molar-refractivity contribution in [1.29, 1.82) is 0 Å². The Kier molecular flexibility index (Phi) is 2.33. The van der Waals surface area contributed by atoms with Crippen LogP contribution in [0.25, 0.3) is 0 Å². The molecule has 0 fully saturated rings. The minimum atomic E-state index is -0.293. The minimum Gasteiger partial charge on any atom is -0.393 e. The first-order chi connectivity index (χ1) is 4.79. The van der Waals surface area contributed by atoms with Gasteiger partial charge in [0, 0.05) is 6.42 Å². The molecule has 0 spiro atoms. The van der Waals surface area contributed by atoms with Crippen LogP contribution in [0.2, 0.25) is 0 Å². The summed E-state index contributed by atoms with van der Waals surface area (Å²) in [6, 6.07) is 0. The third kappa shape index (κ3) is 2.10. The van der Waals surface area contributed by atoms with Gasteiger partial charge in [-0.15, -0.1) is 10.2 Å². The fourth-order valence-electron chi connectivity index (χ4n) is 0.626. The molecule has 1 atom stereocenters. The normalized spacial score (nSPS) is 13.4. The molecule has 1 heterocycles. The van der Waals surface area contributed by atoms with E-state index in [1.807, 2.05) is 0 Å². The largest absolute Gasteiger partial charge is 0.393 e. The smallest absolute Gasteiger partial charge is 0.174 e. The van der Waals surface area contributed by atoms with E-state index in [0.717, 1.165) is 0 Å². The highest BCUT2D eigenvalue weighted by atomic mass is 16.3. The summed E-state index contributed by atoms with van der Waals surface area (Å²) in [7, 11) is 0. The molecule has 10 heavy (non-hydrogen) atoms. The third-order valence-corrected chi connectivity index (χ3v) is 1.17. The Bertz CT molecular complexity index is 172. The monoisotopic (exact) mass is 142 g/mol. The first-order valence-corrected chi connectivity index (χ1v) is 3.19. The summed E-state index contributed by atoms with van der Waals surface area (Å²) < 4.78 is 0. The summed E-state index contributed by atoms with van der Waals surface area (Å²) in [5.41, 5.74) is 0. The number of nitrogens with one attached hydrogen (secondary N) is 1.